The van der Waals surface area contributed by atoms with Crippen molar-refractivity contribution in [2.45, 2.75) is 32.7 Å². The van der Waals surface area contributed by atoms with E-state index in [1.165, 1.54) is 0 Å². The van der Waals surface area contributed by atoms with Gasteiger partial charge in [-0.1, -0.05) is 6.92 Å². The molecule has 4 nitrogen and oxygen atoms in total. The number of hydrogen-bond acceptors (Lipinski definition) is 2. The van der Waals surface area contributed by atoms with Gasteiger partial charge in [-0.25, -0.2) is 4.79 Å². The molecule has 0 aromatic rings. The van der Waals surface area contributed by atoms with Crippen molar-refractivity contribution in [2.75, 3.05) is 20.1 Å². The summed E-state index contributed by atoms with van der Waals surface area (Å²) in [6.07, 6.45) is 1.81. The van der Waals surface area contributed by atoms with Crippen molar-refractivity contribution in [3.63, 3.8) is 0 Å². The Morgan fingerprint density at radius 1 is 1.62 bits per heavy atom. The van der Waals surface area contributed by atoms with Crippen LogP contribution in [0.25, 0.3) is 0 Å². The van der Waals surface area contributed by atoms with E-state index in [0.29, 0.717) is 6.54 Å². The third-order valence-corrected chi connectivity index (χ3v) is 1.79. The lowest BCUT2D eigenvalue weighted by atomic mass is 10.2. The Kier molecular flexibility index (Phi) is 6.32. The molecule has 0 aromatic carbocycles. The van der Waals surface area contributed by atoms with Gasteiger partial charge in [0.2, 0.25) is 0 Å². The van der Waals surface area contributed by atoms with Gasteiger partial charge in [-0.15, -0.1) is 0 Å². The molecule has 0 radical (unpaired) electrons. The van der Waals surface area contributed by atoms with Gasteiger partial charge in [0.25, 0.3) is 0 Å². The predicted octanol–water partition coefficient (Wildman–Crippen LogP) is 0.775. The second kappa shape index (κ2) is 6.71. The lowest BCUT2D eigenvalue weighted by Crippen LogP contribution is -2.39. The van der Waals surface area contributed by atoms with Crippen LogP contribution in [0.4, 0.5) is 4.79 Å². The Balaban J connectivity index is 3.57. The molecule has 0 heterocycles. The van der Waals surface area contributed by atoms with Crippen molar-refractivity contribution in [1.82, 2.24) is 10.2 Å². The largest absolute Gasteiger partial charge is 0.338 e. The fourth-order valence-corrected chi connectivity index (χ4v) is 0.866. The van der Waals surface area contributed by atoms with Crippen molar-refractivity contribution >= 4 is 6.03 Å². The van der Waals surface area contributed by atoms with E-state index in [0.717, 1.165) is 19.4 Å². The molecule has 0 saturated carbocycles. The number of amides is 2. The summed E-state index contributed by atoms with van der Waals surface area (Å²) in [5.41, 5.74) is 5.58. The highest BCUT2D eigenvalue weighted by molar-refractivity contribution is 5.73. The van der Waals surface area contributed by atoms with E-state index in [9.17, 15) is 4.79 Å². The second-order valence-corrected chi connectivity index (χ2v) is 3.42. The number of urea groups is 1. The van der Waals surface area contributed by atoms with Crippen molar-refractivity contribution in [3.8, 4) is 0 Å². The van der Waals surface area contributed by atoms with E-state index in [4.69, 9.17) is 5.73 Å². The lowest BCUT2D eigenvalue weighted by molar-refractivity contribution is 0.207. The van der Waals surface area contributed by atoms with Crippen LogP contribution in [-0.4, -0.2) is 37.1 Å². The molecular weight excluding hydrogens is 166 g/mol. The van der Waals surface area contributed by atoms with Gasteiger partial charge in [0.1, 0.15) is 0 Å². The Morgan fingerprint density at radius 3 is 2.69 bits per heavy atom. The van der Waals surface area contributed by atoms with E-state index in [1.54, 1.807) is 11.9 Å². The molecule has 1 unspecified atom stereocenters. The van der Waals surface area contributed by atoms with Crippen molar-refractivity contribution in [3.05, 3.63) is 0 Å². The summed E-state index contributed by atoms with van der Waals surface area (Å²) in [4.78, 5) is 13.0. The predicted molar refractivity (Wildman–Crippen MR) is 54.6 cm³/mol. The molecule has 0 aliphatic carbocycles. The van der Waals surface area contributed by atoms with Gasteiger partial charge < -0.3 is 16.0 Å². The zero-order chi connectivity index (χ0) is 10.3. The van der Waals surface area contributed by atoms with Crippen LogP contribution >= 0.6 is 0 Å². The van der Waals surface area contributed by atoms with Crippen LogP contribution < -0.4 is 11.1 Å². The smallest absolute Gasteiger partial charge is 0.317 e. The average Bonchev–Trinajstić information content (AvgIpc) is 2.10. The maximum Gasteiger partial charge on any atom is 0.317 e. The van der Waals surface area contributed by atoms with Crippen LogP contribution in [-0.2, 0) is 0 Å². The van der Waals surface area contributed by atoms with Gasteiger partial charge in [-0.2, -0.15) is 0 Å². The third kappa shape index (κ3) is 6.40. The molecule has 0 bridgehead atoms. The number of nitrogens with two attached hydrogens (primary N) is 1. The quantitative estimate of drug-likeness (QED) is 0.668. The summed E-state index contributed by atoms with van der Waals surface area (Å²) >= 11 is 0. The number of rotatable bonds is 5. The highest BCUT2D eigenvalue weighted by Crippen LogP contribution is 1.91. The van der Waals surface area contributed by atoms with E-state index in [-0.39, 0.29) is 12.1 Å². The Hall–Kier alpha value is -0.770. The zero-order valence-electron chi connectivity index (χ0n) is 8.84. The first-order valence-electron chi connectivity index (χ1n) is 4.82. The Bertz CT molecular complexity index is 148. The van der Waals surface area contributed by atoms with Gasteiger partial charge >= 0.3 is 6.03 Å². The van der Waals surface area contributed by atoms with E-state index < -0.39 is 0 Å². The lowest BCUT2D eigenvalue weighted by Gasteiger charge is -2.18. The average molecular weight is 187 g/mol. The first-order chi connectivity index (χ1) is 6.07. The summed E-state index contributed by atoms with van der Waals surface area (Å²) in [6, 6.07) is 0.143. The molecule has 78 valence electrons. The normalized spacial score (nSPS) is 12.3. The van der Waals surface area contributed by atoms with Gasteiger partial charge in [0.05, 0.1) is 0 Å². The molecule has 0 aliphatic rings. The Morgan fingerprint density at radius 2 is 2.23 bits per heavy atom. The summed E-state index contributed by atoms with van der Waals surface area (Å²) in [7, 11) is 1.79. The van der Waals surface area contributed by atoms with Crippen LogP contribution in [0.2, 0.25) is 0 Å². The molecule has 0 saturated heterocycles. The number of carbonyl (C=O) groups excluding carboxylic acids is 1. The van der Waals surface area contributed by atoms with Crippen LogP contribution in [0.5, 0.6) is 0 Å². The van der Waals surface area contributed by atoms with Crippen LogP contribution in [0.3, 0.4) is 0 Å². The van der Waals surface area contributed by atoms with Crippen LogP contribution in [0.15, 0.2) is 0 Å². The van der Waals surface area contributed by atoms with Gasteiger partial charge in [0, 0.05) is 26.2 Å². The number of nitrogens with zero attached hydrogens (tertiary/aromatic N) is 1. The highest BCUT2D eigenvalue weighted by Gasteiger charge is 2.06. The molecule has 0 aliphatic heterocycles. The van der Waals surface area contributed by atoms with E-state index >= 15 is 0 Å². The molecule has 13 heavy (non-hydrogen) atoms. The fraction of sp³-hybridized carbons (Fsp3) is 0.889. The van der Waals surface area contributed by atoms with Crippen molar-refractivity contribution in [2.24, 2.45) is 5.73 Å². The fourth-order valence-electron chi connectivity index (χ4n) is 0.866. The number of carbonyl (C=O) groups is 1. The van der Waals surface area contributed by atoms with Gasteiger partial charge in [-0.05, 0) is 19.8 Å². The molecule has 0 fully saturated rings. The minimum absolute atomic E-state index is 0.0116. The second-order valence-electron chi connectivity index (χ2n) is 3.42. The first-order valence-corrected chi connectivity index (χ1v) is 4.82. The maximum atomic E-state index is 11.3. The number of nitrogens with one attached hydrogen (secondary N) is 1. The molecule has 0 aromatic heterocycles. The zero-order valence-corrected chi connectivity index (χ0v) is 8.84. The topological polar surface area (TPSA) is 58.4 Å². The van der Waals surface area contributed by atoms with Gasteiger partial charge in [0.15, 0.2) is 0 Å². The molecule has 1 atom stereocenters. The molecule has 0 spiro atoms. The molecule has 2 amide bonds. The Labute approximate surface area is 80.5 Å². The number of hydrogen-bond donors (Lipinski definition) is 2. The van der Waals surface area contributed by atoms with Crippen LogP contribution in [0, 0.1) is 0 Å². The molecular formula is C9H21N3O. The summed E-state index contributed by atoms with van der Waals surface area (Å²) in [6.45, 7) is 5.43. The summed E-state index contributed by atoms with van der Waals surface area (Å²) in [5, 5.41) is 2.80. The highest BCUT2D eigenvalue weighted by atomic mass is 16.2. The SMILES string of the molecule is CCCNC(=O)N(C)CCC(C)N. The monoisotopic (exact) mass is 187 g/mol. The molecule has 0 rings (SSSR count). The third-order valence-electron chi connectivity index (χ3n) is 1.79. The van der Waals surface area contributed by atoms with E-state index in [1.807, 2.05) is 13.8 Å². The molecule has 3 N–H and O–H groups in total. The first kappa shape index (κ1) is 12.2. The minimum Gasteiger partial charge on any atom is -0.338 e. The van der Waals surface area contributed by atoms with Gasteiger partial charge in [-0.3, -0.25) is 0 Å². The summed E-state index contributed by atoms with van der Waals surface area (Å²) in [5.74, 6) is 0. The minimum atomic E-state index is -0.0116. The standard InChI is InChI=1S/C9H21N3O/c1-4-6-11-9(13)12(3)7-5-8(2)10/h8H,4-7,10H2,1-3H3,(H,11,13). The van der Waals surface area contributed by atoms with Crippen molar-refractivity contribution in [1.29, 1.82) is 0 Å². The summed E-state index contributed by atoms with van der Waals surface area (Å²) < 4.78 is 0. The molecule has 4 heteroatoms. The van der Waals surface area contributed by atoms with Crippen molar-refractivity contribution < 1.29 is 4.79 Å². The van der Waals surface area contributed by atoms with E-state index in [2.05, 4.69) is 5.32 Å². The van der Waals surface area contributed by atoms with Crippen LogP contribution in [0.1, 0.15) is 26.7 Å². The maximum absolute atomic E-state index is 11.3.